The first kappa shape index (κ1) is 24.2. The van der Waals surface area contributed by atoms with Gasteiger partial charge in [-0.1, -0.05) is 0 Å². The third-order valence-electron chi connectivity index (χ3n) is 5.17. The van der Waals surface area contributed by atoms with E-state index in [0.29, 0.717) is 38.1 Å². The molecule has 2 heterocycles. The number of carbonyl (C=O) groups excluding carboxylic acids is 2. The number of allylic oxidation sites excluding steroid dienone is 1. The van der Waals surface area contributed by atoms with E-state index in [1.807, 2.05) is 13.0 Å². The van der Waals surface area contributed by atoms with Crippen molar-refractivity contribution in [3.05, 3.63) is 11.6 Å². The van der Waals surface area contributed by atoms with E-state index in [-0.39, 0.29) is 30.8 Å². The van der Waals surface area contributed by atoms with E-state index in [1.54, 1.807) is 11.9 Å². The van der Waals surface area contributed by atoms with Crippen molar-refractivity contribution in [3.8, 4) is 0 Å². The topological polar surface area (TPSA) is 74.2 Å². The van der Waals surface area contributed by atoms with Crippen LogP contribution >= 0.6 is 0 Å². The van der Waals surface area contributed by atoms with Gasteiger partial charge in [0.05, 0.1) is 0 Å². The van der Waals surface area contributed by atoms with Crippen LogP contribution in [0.2, 0.25) is 0 Å². The van der Waals surface area contributed by atoms with Crippen molar-refractivity contribution in [2.45, 2.75) is 59.2 Å². The third-order valence-corrected chi connectivity index (χ3v) is 5.17. The summed E-state index contributed by atoms with van der Waals surface area (Å²) in [5.41, 5.74) is 2.51. The molecule has 0 bridgehead atoms. The second-order valence-corrected chi connectivity index (χ2v) is 8.31. The van der Waals surface area contributed by atoms with E-state index >= 15 is 0 Å². The van der Waals surface area contributed by atoms with E-state index in [2.05, 4.69) is 31.6 Å². The Morgan fingerprint density at radius 3 is 2.70 bits per heavy atom. The first-order valence-electron chi connectivity index (χ1n) is 10.7. The summed E-state index contributed by atoms with van der Waals surface area (Å²) >= 11 is 0. The summed E-state index contributed by atoms with van der Waals surface area (Å²) in [4.78, 5) is 26.5. The Morgan fingerprint density at radius 2 is 2.10 bits per heavy atom. The van der Waals surface area contributed by atoms with Crippen LogP contribution in [0.15, 0.2) is 16.8 Å². The SMILES string of the molecule is B=C1C(C)=CC(CCN2CC(F)C2)=NN1C(CC(C)C)C(=O)NCCC(=O)OCC. The molecular formula is C21H34BFN4O3. The minimum atomic E-state index is -0.722. The van der Waals surface area contributed by atoms with Crippen molar-refractivity contribution in [3.63, 3.8) is 0 Å². The summed E-state index contributed by atoms with van der Waals surface area (Å²) in [5, 5.41) is 9.25. The van der Waals surface area contributed by atoms with Gasteiger partial charge in [0, 0.05) is 0 Å². The molecule has 0 aromatic rings. The van der Waals surface area contributed by atoms with Crippen molar-refractivity contribution in [1.29, 1.82) is 0 Å². The average molecular weight is 420 g/mol. The van der Waals surface area contributed by atoms with Crippen LogP contribution in [0.1, 0.15) is 47.0 Å². The number of esters is 1. The van der Waals surface area contributed by atoms with Gasteiger partial charge in [0.2, 0.25) is 0 Å². The maximum atomic E-state index is 13.0. The second-order valence-electron chi connectivity index (χ2n) is 8.31. The molecule has 0 saturated carbocycles. The van der Waals surface area contributed by atoms with E-state index in [0.717, 1.165) is 17.8 Å². The van der Waals surface area contributed by atoms with E-state index < -0.39 is 12.2 Å². The standard InChI is InChI=1S/C21H34BFN4O3/c1-5-30-19(28)6-8-24-21(29)18(10-14(2)3)27-20(22)15(4)11-17(25-27)7-9-26-12-16(23)13-26/h11,14,16,18,22H,5-10,12-13H2,1-4H3,(H,24,29). The zero-order valence-corrected chi connectivity index (χ0v) is 18.6. The molecule has 0 spiro atoms. The monoisotopic (exact) mass is 420 g/mol. The number of rotatable bonds is 11. The molecule has 30 heavy (non-hydrogen) atoms. The molecule has 2 aliphatic rings. The number of amides is 1. The van der Waals surface area contributed by atoms with E-state index in [1.165, 1.54) is 0 Å². The number of halogens is 1. The van der Waals surface area contributed by atoms with E-state index in [4.69, 9.17) is 9.84 Å². The van der Waals surface area contributed by atoms with Gasteiger partial charge < -0.3 is 0 Å². The van der Waals surface area contributed by atoms with Crippen LogP contribution in [-0.2, 0) is 14.3 Å². The Morgan fingerprint density at radius 1 is 1.40 bits per heavy atom. The van der Waals surface area contributed by atoms with Crippen LogP contribution in [0.25, 0.3) is 0 Å². The zero-order valence-electron chi connectivity index (χ0n) is 18.6. The van der Waals surface area contributed by atoms with Gasteiger partial charge in [0.1, 0.15) is 0 Å². The molecule has 2 rings (SSSR count). The fourth-order valence-corrected chi connectivity index (χ4v) is 3.49. The predicted molar refractivity (Wildman–Crippen MR) is 119 cm³/mol. The Kier molecular flexibility index (Phi) is 9.20. The summed E-state index contributed by atoms with van der Waals surface area (Å²) in [6.45, 7) is 10.0. The van der Waals surface area contributed by atoms with Gasteiger partial charge in [-0.2, -0.15) is 0 Å². The molecule has 1 N–H and O–H groups in total. The normalized spacial score (nSPS) is 18.6. The summed E-state index contributed by atoms with van der Waals surface area (Å²) in [5.74, 6) is -0.248. The number of alkyl halides is 1. The van der Waals surface area contributed by atoms with Crippen LogP contribution in [0, 0.1) is 5.92 Å². The Hall–Kier alpha value is -2.03. The molecule has 2 aliphatic heterocycles. The number of nitrogens with zero attached hydrogens (tertiary/aromatic N) is 3. The molecule has 0 aliphatic carbocycles. The molecule has 0 radical (unpaired) electrons. The first-order chi connectivity index (χ1) is 14.2. The number of ether oxygens (including phenoxy) is 1. The van der Waals surface area contributed by atoms with Crippen molar-refractivity contribution in [1.82, 2.24) is 15.2 Å². The molecule has 7 nitrogen and oxygen atoms in total. The molecule has 0 aromatic carbocycles. The quantitative estimate of drug-likeness (QED) is 0.401. The van der Waals surface area contributed by atoms with Crippen LogP contribution < -0.4 is 5.32 Å². The maximum absolute atomic E-state index is 13.0. The zero-order chi connectivity index (χ0) is 22.3. The van der Waals surface area contributed by atoms with Crippen molar-refractivity contribution in [2.24, 2.45) is 11.0 Å². The molecule has 1 atom stereocenters. The van der Waals surface area contributed by atoms with Gasteiger partial charge in [-0.15, -0.1) is 0 Å². The summed E-state index contributed by atoms with van der Waals surface area (Å²) in [6, 6.07) is -0.516. The van der Waals surface area contributed by atoms with Gasteiger partial charge >= 0.3 is 179 Å². The molecule has 1 fully saturated rings. The summed E-state index contributed by atoms with van der Waals surface area (Å²) in [6.07, 6.45) is 2.68. The molecular weight excluding hydrogens is 386 g/mol. The van der Waals surface area contributed by atoms with Gasteiger partial charge in [-0.05, 0) is 0 Å². The number of hydrogen-bond acceptors (Lipinski definition) is 6. The van der Waals surface area contributed by atoms with Crippen molar-refractivity contribution in [2.75, 3.05) is 32.8 Å². The van der Waals surface area contributed by atoms with Crippen LogP contribution in [0.5, 0.6) is 0 Å². The van der Waals surface area contributed by atoms with Crippen LogP contribution in [0.3, 0.4) is 0 Å². The molecule has 1 unspecified atom stereocenters. The Balaban J connectivity index is 2.04. The third kappa shape index (κ3) is 7.04. The Bertz CT molecular complexity index is 704. The number of nitrogens with one attached hydrogen (secondary N) is 1. The second kappa shape index (κ2) is 11.4. The molecule has 1 saturated heterocycles. The van der Waals surface area contributed by atoms with Crippen molar-refractivity contribution >= 4 is 30.7 Å². The number of carbonyl (C=O) groups is 2. The predicted octanol–water partition coefficient (Wildman–Crippen LogP) is 1.16. The van der Waals surface area contributed by atoms with Crippen LogP contribution in [-0.4, -0.2) is 85.6 Å². The van der Waals surface area contributed by atoms with Gasteiger partial charge in [-0.25, -0.2) is 0 Å². The summed E-state index contributed by atoms with van der Waals surface area (Å²) < 4.78 is 17.9. The first-order valence-corrected chi connectivity index (χ1v) is 10.7. The van der Waals surface area contributed by atoms with Crippen LogP contribution in [0.4, 0.5) is 4.39 Å². The fraction of sp³-hybridized carbons (Fsp3) is 0.714. The number of hydrogen-bond donors (Lipinski definition) is 1. The molecule has 166 valence electrons. The van der Waals surface area contributed by atoms with Gasteiger partial charge in [0.25, 0.3) is 0 Å². The number of hydrazone groups is 1. The number of likely N-dealkylation sites (tertiary alicyclic amines) is 1. The summed E-state index contributed by atoms with van der Waals surface area (Å²) in [7, 11) is 4.12. The Labute approximate surface area is 179 Å². The van der Waals surface area contributed by atoms with E-state index in [9.17, 15) is 14.0 Å². The fourth-order valence-electron chi connectivity index (χ4n) is 3.49. The minimum absolute atomic E-state index is 0.133. The van der Waals surface area contributed by atoms with Crippen molar-refractivity contribution < 1.29 is 18.7 Å². The van der Waals surface area contributed by atoms with Gasteiger partial charge in [-0.3, -0.25) is 0 Å². The molecule has 0 aromatic heterocycles. The van der Waals surface area contributed by atoms with Gasteiger partial charge in [0.15, 0.2) is 0 Å². The average Bonchev–Trinajstić information content (AvgIpc) is 2.65. The molecule has 1 amide bonds. The molecule has 9 heteroatoms.